The van der Waals surface area contributed by atoms with Gasteiger partial charge in [-0.3, -0.25) is 19.9 Å². The standard InChI is InChI=1S/C31H22N6O2S/c1-18(38)27-9-10-28(40-27)29-22-14-26(34-24(22)11-12-33-29)31-30-25(36-37-31)8-7-23(35-30)20-13-21(16-32-15-20)39-17-19-5-3-2-4-6-19/h2-16,34H,17H2,1H3,(H,36,37). The fourth-order valence-corrected chi connectivity index (χ4v) is 5.57. The smallest absolute Gasteiger partial charge is 0.169 e. The number of rotatable bonds is 7. The molecular formula is C31H22N6O2S. The Labute approximate surface area is 232 Å². The van der Waals surface area contributed by atoms with E-state index in [9.17, 15) is 4.79 Å². The highest BCUT2D eigenvalue weighted by molar-refractivity contribution is 7.17. The lowest BCUT2D eigenvalue weighted by Crippen LogP contribution is -1.96. The first-order chi connectivity index (χ1) is 19.6. The van der Waals surface area contributed by atoms with Crippen molar-refractivity contribution in [2.24, 2.45) is 0 Å². The molecule has 8 nitrogen and oxygen atoms in total. The second-order valence-corrected chi connectivity index (χ2v) is 10.5. The van der Waals surface area contributed by atoms with Gasteiger partial charge in [-0.15, -0.1) is 11.3 Å². The van der Waals surface area contributed by atoms with Crippen LogP contribution in [0, 0.1) is 0 Å². The van der Waals surface area contributed by atoms with Crippen molar-refractivity contribution < 1.29 is 9.53 Å². The van der Waals surface area contributed by atoms with Crippen LogP contribution in [0.1, 0.15) is 22.2 Å². The van der Waals surface area contributed by atoms with Crippen molar-refractivity contribution in [2.75, 3.05) is 0 Å². The third kappa shape index (κ3) is 4.42. The maximum Gasteiger partial charge on any atom is 0.169 e. The van der Waals surface area contributed by atoms with E-state index in [4.69, 9.17) is 9.72 Å². The Balaban J connectivity index is 1.23. The summed E-state index contributed by atoms with van der Waals surface area (Å²) in [6.07, 6.45) is 5.25. The Morgan fingerprint density at radius 1 is 0.950 bits per heavy atom. The first-order valence-corrected chi connectivity index (χ1v) is 13.5. The molecule has 0 aliphatic carbocycles. The molecule has 0 aliphatic heterocycles. The lowest BCUT2D eigenvalue weighted by atomic mass is 10.1. The first-order valence-electron chi connectivity index (χ1n) is 12.7. The van der Waals surface area contributed by atoms with Crippen LogP contribution in [0.15, 0.2) is 91.4 Å². The van der Waals surface area contributed by atoms with Gasteiger partial charge in [0.2, 0.25) is 0 Å². The zero-order valence-electron chi connectivity index (χ0n) is 21.4. The number of fused-ring (bicyclic) bond motifs is 2. The van der Waals surface area contributed by atoms with E-state index < -0.39 is 0 Å². The maximum absolute atomic E-state index is 11.8. The molecule has 0 saturated heterocycles. The monoisotopic (exact) mass is 542 g/mol. The molecule has 0 atom stereocenters. The second kappa shape index (κ2) is 9.87. The number of nitrogens with one attached hydrogen (secondary N) is 2. The molecule has 0 fully saturated rings. The third-order valence-corrected chi connectivity index (χ3v) is 7.85. The van der Waals surface area contributed by atoms with E-state index >= 15 is 0 Å². The number of aromatic amines is 2. The quantitative estimate of drug-likeness (QED) is 0.208. The largest absolute Gasteiger partial charge is 0.487 e. The van der Waals surface area contributed by atoms with Crippen LogP contribution >= 0.6 is 11.3 Å². The Morgan fingerprint density at radius 3 is 2.70 bits per heavy atom. The van der Waals surface area contributed by atoms with Crippen LogP contribution in [0.5, 0.6) is 5.75 Å². The lowest BCUT2D eigenvalue weighted by Gasteiger charge is -2.08. The van der Waals surface area contributed by atoms with Crippen LogP contribution in [-0.2, 0) is 6.61 Å². The van der Waals surface area contributed by atoms with E-state index in [1.54, 1.807) is 25.5 Å². The van der Waals surface area contributed by atoms with E-state index in [-0.39, 0.29) is 5.78 Å². The molecule has 0 saturated carbocycles. The van der Waals surface area contributed by atoms with Gasteiger partial charge in [0.25, 0.3) is 0 Å². The number of ketones is 1. The molecule has 0 spiro atoms. The Kier molecular flexibility index (Phi) is 5.90. The third-order valence-electron chi connectivity index (χ3n) is 6.65. The van der Waals surface area contributed by atoms with Crippen molar-refractivity contribution in [1.29, 1.82) is 0 Å². The average molecular weight is 543 g/mol. The van der Waals surface area contributed by atoms with Gasteiger partial charge in [-0.1, -0.05) is 30.3 Å². The molecule has 40 heavy (non-hydrogen) atoms. The highest BCUT2D eigenvalue weighted by Gasteiger charge is 2.17. The Hall–Kier alpha value is -5.15. The van der Waals surface area contributed by atoms with Crippen molar-refractivity contribution in [3.63, 3.8) is 0 Å². The predicted octanol–water partition coefficient (Wildman–Crippen LogP) is 7.07. The summed E-state index contributed by atoms with van der Waals surface area (Å²) >= 11 is 1.44. The van der Waals surface area contributed by atoms with E-state index in [1.807, 2.05) is 72.8 Å². The number of H-pyrrole nitrogens is 2. The van der Waals surface area contributed by atoms with Crippen molar-refractivity contribution >= 4 is 39.1 Å². The van der Waals surface area contributed by atoms with Gasteiger partial charge in [0.05, 0.1) is 38.5 Å². The molecule has 0 bridgehead atoms. The topological polar surface area (TPSA) is 109 Å². The number of carbonyl (C=O) groups excluding carboxylic acids is 1. The molecule has 6 heterocycles. The fraction of sp³-hybridized carbons (Fsp3) is 0.0645. The summed E-state index contributed by atoms with van der Waals surface area (Å²) < 4.78 is 5.98. The normalized spacial score (nSPS) is 11.3. The van der Waals surface area contributed by atoms with Crippen molar-refractivity contribution in [1.82, 2.24) is 30.1 Å². The number of benzene rings is 1. The summed E-state index contributed by atoms with van der Waals surface area (Å²) in [6, 6.07) is 23.6. The van der Waals surface area contributed by atoms with Gasteiger partial charge in [-0.05, 0) is 55.0 Å². The van der Waals surface area contributed by atoms with Gasteiger partial charge in [-0.25, -0.2) is 4.98 Å². The first kappa shape index (κ1) is 23.9. The summed E-state index contributed by atoms with van der Waals surface area (Å²) in [4.78, 5) is 30.9. The molecule has 1 aromatic carbocycles. The van der Waals surface area contributed by atoms with Crippen molar-refractivity contribution in [2.45, 2.75) is 13.5 Å². The van der Waals surface area contributed by atoms with E-state index in [1.165, 1.54) is 11.3 Å². The zero-order valence-corrected chi connectivity index (χ0v) is 22.2. The number of thiophene rings is 1. The number of Topliss-reactive ketones (excluding diaryl/α,β-unsaturated/α-hetero) is 1. The molecular weight excluding hydrogens is 520 g/mol. The molecule has 194 valence electrons. The van der Waals surface area contributed by atoms with Crippen molar-refractivity contribution in [3.8, 4) is 39.0 Å². The number of nitrogens with zero attached hydrogens (tertiary/aromatic N) is 4. The molecule has 7 aromatic rings. The minimum Gasteiger partial charge on any atom is -0.487 e. The highest BCUT2D eigenvalue weighted by atomic mass is 32.1. The van der Waals surface area contributed by atoms with Gasteiger partial charge in [0.1, 0.15) is 23.6 Å². The van der Waals surface area contributed by atoms with E-state index in [0.717, 1.165) is 55.0 Å². The molecule has 7 rings (SSSR count). The van der Waals surface area contributed by atoms with Crippen LogP contribution in [0.2, 0.25) is 0 Å². The lowest BCUT2D eigenvalue weighted by molar-refractivity contribution is 0.102. The number of hydrogen-bond donors (Lipinski definition) is 2. The highest BCUT2D eigenvalue weighted by Crippen LogP contribution is 2.36. The second-order valence-electron chi connectivity index (χ2n) is 9.37. The van der Waals surface area contributed by atoms with Crippen LogP contribution in [-0.4, -0.2) is 35.9 Å². The summed E-state index contributed by atoms with van der Waals surface area (Å²) in [5.74, 6) is 0.722. The van der Waals surface area contributed by atoms with Crippen LogP contribution in [0.3, 0.4) is 0 Å². The summed E-state index contributed by atoms with van der Waals surface area (Å²) in [7, 11) is 0. The molecule has 0 aliphatic rings. The average Bonchev–Trinajstić information content (AvgIpc) is 3.74. The van der Waals surface area contributed by atoms with Gasteiger partial charge >= 0.3 is 0 Å². The van der Waals surface area contributed by atoms with Gasteiger partial charge < -0.3 is 9.72 Å². The number of carbonyl (C=O) groups is 1. The minimum atomic E-state index is 0.0477. The molecule has 0 unspecified atom stereocenters. The van der Waals surface area contributed by atoms with Crippen LogP contribution in [0.25, 0.3) is 55.2 Å². The Morgan fingerprint density at radius 2 is 1.85 bits per heavy atom. The van der Waals surface area contributed by atoms with E-state index in [0.29, 0.717) is 22.9 Å². The predicted molar refractivity (Wildman–Crippen MR) is 156 cm³/mol. The molecule has 6 aromatic heterocycles. The number of ether oxygens (including phenoxy) is 1. The maximum atomic E-state index is 11.8. The van der Waals surface area contributed by atoms with Gasteiger partial charge in [0, 0.05) is 28.9 Å². The molecule has 9 heteroatoms. The number of aromatic nitrogens is 6. The molecule has 0 radical (unpaired) electrons. The van der Waals surface area contributed by atoms with Crippen molar-refractivity contribution in [3.05, 3.63) is 102 Å². The summed E-state index contributed by atoms with van der Waals surface area (Å²) in [6.45, 7) is 2.04. The fourth-order valence-electron chi connectivity index (χ4n) is 4.66. The van der Waals surface area contributed by atoms with Crippen LogP contribution in [0.4, 0.5) is 0 Å². The van der Waals surface area contributed by atoms with E-state index in [2.05, 4.69) is 25.1 Å². The molecule has 0 amide bonds. The molecule has 2 N–H and O–H groups in total. The summed E-state index contributed by atoms with van der Waals surface area (Å²) in [5, 5.41) is 8.64. The van der Waals surface area contributed by atoms with Crippen LogP contribution < -0.4 is 4.74 Å². The summed E-state index contributed by atoms with van der Waals surface area (Å²) in [5.41, 5.74) is 7.55. The minimum absolute atomic E-state index is 0.0477. The number of pyridine rings is 3. The van der Waals surface area contributed by atoms with Gasteiger partial charge in [-0.2, -0.15) is 5.10 Å². The Bertz CT molecular complexity index is 2010. The SMILES string of the molecule is CC(=O)c1ccc(-c2nccc3[nH]c(-c4n[nH]c5ccc(-c6cncc(OCc7ccccc7)c6)nc45)cc23)s1. The number of hydrogen-bond acceptors (Lipinski definition) is 7. The van der Waals surface area contributed by atoms with Gasteiger partial charge in [0.15, 0.2) is 5.78 Å². The zero-order chi connectivity index (χ0) is 27.1.